The van der Waals surface area contributed by atoms with E-state index in [0.29, 0.717) is 0 Å². The van der Waals surface area contributed by atoms with Gasteiger partial charge in [-0.3, -0.25) is 9.78 Å². The van der Waals surface area contributed by atoms with E-state index in [1.165, 1.54) is 0 Å². The van der Waals surface area contributed by atoms with E-state index in [1.54, 1.807) is 4.98 Å². The minimum absolute atomic E-state index is 0.0113. The van der Waals surface area contributed by atoms with Gasteiger partial charge in [-0.25, -0.2) is 17.9 Å². The molecule has 1 heterocycles. The molecule has 0 aliphatic rings. The van der Waals surface area contributed by atoms with Crippen LogP contribution >= 0.6 is 0 Å². The lowest BCUT2D eigenvalue weighted by atomic mass is 10.5. The first kappa shape index (κ1) is 12.6. The van der Waals surface area contributed by atoms with Crippen LogP contribution < -0.4 is 16.0 Å². The Morgan fingerprint density at radius 2 is 2.06 bits per heavy atom. The summed E-state index contributed by atoms with van der Waals surface area (Å²) in [5.41, 5.74) is -1.76. The van der Waals surface area contributed by atoms with Gasteiger partial charge in [0.1, 0.15) is 0 Å². The third-order valence-corrected chi connectivity index (χ3v) is 3.17. The highest BCUT2D eigenvalue weighted by Crippen LogP contribution is 1.97. The maximum atomic E-state index is 11.5. The monoisotopic (exact) mass is 249 g/mol. The molecule has 0 amide bonds. The van der Waals surface area contributed by atoms with Gasteiger partial charge >= 0.3 is 5.69 Å². The highest BCUT2D eigenvalue weighted by molar-refractivity contribution is 7.89. The Morgan fingerprint density at radius 3 is 2.62 bits per heavy atom. The van der Waals surface area contributed by atoms with E-state index in [4.69, 9.17) is 5.11 Å². The van der Waals surface area contributed by atoms with Gasteiger partial charge in [-0.2, -0.15) is 0 Å². The Labute approximate surface area is 90.4 Å². The first-order valence-corrected chi connectivity index (χ1v) is 5.88. The van der Waals surface area contributed by atoms with Crippen LogP contribution in [0.3, 0.4) is 0 Å². The number of aliphatic hydroxyl groups is 1. The topological polar surface area (TPSA) is 132 Å². The van der Waals surface area contributed by atoms with Crippen molar-refractivity contribution in [3.8, 4) is 0 Å². The maximum absolute atomic E-state index is 11.5. The zero-order valence-corrected chi connectivity index (χ0v) is 9.00. The smallest absolute Gasteiger partial charge is 0.325 e. The molecule has 0 radical (unpaired) electrons. The molecule has 90 valence electrons. The summed E-state index contributed by atoms with van der Waals surface area (Å²) in [5, 5.41) is 8.47. The number of nitrogens with one attached hydrogen (secondary N) is 3. The Morgan fingerprint density at radius 1 is 1.38 bits per heavy atom. The molecule has 1 rings (SSSR count). The Balaban J connectivity index is 2.99. The number of aromatic nitrogens is 2. The molecule has 0 aliphatic heterocycles. The third kappa shape index (κ3) is 3.02. The summed E-state index contributed by atoms with van der Waals surface area (Å²) in [4.78, 5) is 25.1. The number of rotatable bonds is 5. The van der Waals surface area contributed by atoms with Crippen LogP contribution in [0.15, 0.2) is 20.7 Å². The Kier molecular flexibility index (Phi) is 3.99. The quantitative estimate of drug-likeness (QED) is 0.437. The van der Waals surface area contributed by atoms with Crippen molar-refractivity contribution in [1.29, 1.82) is 0 Å². The second-order valence-electron chi connectivity index (χ2n) is 2.91. The number of hydrogen-bond acceptors (Lipinski definition) is 5. The normalized spacial score (nSPS) is 11.6. The van der Waals surface area contributed by atoms with Crippen molar-refractivity contribution in [3.05, 3.63) is 27.0 Å². The summed E-state index contributed by atoms with van der Waals surface area (Å²) in [6.07, 6.45) is 1.06. The van der Waals surface area contributed by atoms with Crippen LogP contribution in [0.2, 0.25) is 0 Å². The summed E-state index contributed by atoms with van der Waals surface area (Å²) in [5.74, 6) is 0. The molecule has 0 fully saturated rings. The standard InChI is InChI=1S/C7H11N3O5S/c11-3-1-2-9-16(14,15)5-4-8-7(13)10-6(5)12/h4,9,11H,1-3H2,(H2,8,10,12,13). The van der Waals surface area contributed by atoms with Gasteiger partial charge in [-0.15, -0.1) is 0 Å². The largest absolute Gasteiger partial charge is 0.396 e. The van der Waals surface area contributed by atoms with E-state index < -0.39 is 26.2 Å². The van der Waals surface area contributed by atoms with Crippen LogP contribution in [0.1, 0.15) is 6.42 Å². The van der Waals surface area contributed by atoms with Crippen LogP contribution in [-0.2, 0) is 10.0 Å². The lowest BCUT2D eigenvalue weighted by Crippen LogP contribution is -2.33. The molecule has 0 unspecified atom stereocenters. The summed E-state index contributed by atoms with van der Waals surface area (Å²) >= 11 is 0. The second kappa shape index (κ2) is 5.05. The van der Waals surface area contributed by atoms with E-state index in [0.717, 1.165) is 6.20 Å². The zero-order valence-electron chi connectivity index (χ0n) is 8.19. The lowest BCUT2D eigenvalue weighted by molar-refractivity contribution is 0.289. The van der Waals surface area contributed by atoms with Gasteiger partial charge < -0.3 is 10.1 Å². The molecule has 0 atom stereocenters. The fourth-order valence-corrected chi connectivity index (χ4v) is 2.04. The first-order chi connectivity index (χ1) is 7.47. The van der Waals surface area contributed by atoms with Gasteiger partial charge in [0.2, 0.25) is 10.0 Å². The number of sulfonamides is 1. The van der Waals surface area contributed by atoms with Crippen molar-refractivity contribution < 1.29 is 13.5 Å². The molecule has 1 aromatic rings. The summed E-state index contributed by atoms with van der Waals surface area (Å²) in [7, 11) is -3.95. The van der Waals surface area contributed by atoms with Crippen molar-refractivity contribution >= 4 is 10.0 Å². The van der Waals surface area contributed by atoms with Crippen LogP contribution in [0.25, 0.3) is 0 Å². The lowest BCUT2D eigenvalue weighted by Gasteiger charge is -2.03. The minimum atomic E-state index is -3.95. The van der Waals surface area contributed by atoms with Crippen molar-refractivity contribution in [2.24, 2.45) is 0 Å². The Hall–Kier alpha value is -1.45. The zero-order chi connectivity index (χ0) is 12.2. The molecular formula is C7H11N3O5S. The predicted octanol–water partition coefficient (Wildman–Crippen LogP) is -2.28. The third-order valence-electron chi connectivity index (χ3n) is 1.70. The molecule has 1 aromatic heterocycles. The van der Waals surface area contributed by atoms with E-state index in [9.17, 15) is 18.0 Å². The van der Waals surface area contributed by atoms with Crippen molar-refractivity contribution in [3.63, 3.8) is 0 Å². The maximum Gasteiger partial charge on any atom is 0.325 e. The predicted molar refractivity (Wildman–Crippen MR) is 54.6 cm³/mol. The average Bonchev–Trinajstić information content (AvgIpc) is 2.17. The van der Waals surface area contributed by atoms with Gasteiger partial charge in [0, 0.05) is 19.3 Å². The molecule has 0 bridgehead atoms. The number of hydrogen-bond donors (Lipinski definition) is 4. The van der Waals surface area contributed by atoms with E-state index >= 15 is 0 Å². The van der Waals surface area contributed by atoms with E-state index in [-0.39, 0.29) is 19.6 Å². The molecule has 0 spiro atoms. The molecule has 16 heavy (non-hydrogen) atoms. The Bertz CT molecular complexity index is 558. The molecule has 0 aromatic carbocycles. The second-order valence-corrected chi connectivity index (χ2v) is 4.65. The van der Waals surface area contributed by atoms with Gasteiger partial charge in [0.15, 0.2) is 4.90 Å². The summed E-state index contributed by atoms with van der Waals surface area (Å²) in [6, 6.07) is 0. The average molecular weight is 249 g/mol. The van der Waals surface area contributed by atoms with E-state index in [2.05, 4.69) is 9.71 Å². The first-order valence-electron chi connectivity index (χ1n) is 4.40. The molecule has 9 heteroatoms. The molecule has 0 aliphatic carbocycles. The molecular weight excluding hydrogens is 238 g/mol. The SMILES string of the molecule is O=c1[nH]cc(S(=O)(=O)NCCCO)c(=O)[nH]1. The number of aliphatic hydroxyl groups excluding tert-OH is 1. The van der Waals surface area contributed by atoms with Crippen LogP contribution in [0, 0.1) is 0 Å². The summed E-state index contributed by atoms with van der Waals surface area (Å²) < 4.78 is 25.1. The van der Waals surface area contributed by atoms with Gasteiger partial charge in [-0.05, 0) is 6.42 Å². The van der Waals surface area contributed by atoms with Crippen LogP contribution in [-0.4, -0.2) is 36.6 Å². The molecule has 0 saturated heterocycles. The van der Waals surface area contributed by atoms with Gasteiger partial charge in [0.05, 0.1) is 0 Å². The number of H-pyrrole nitrogens is 2. The van der Waals surface area contributed by atoms with Crippen LogP contribution in [0.4, 0.5) is 0 Å². The van der Waals surface area contributed by atoms with Crippen LogP contribution in [0.5, 0.6) is 0 Å². The van der Waals surface area contributed by atoms with Crippen molar-refractivity contribution in [2.75, 3.05) is 13.2 Å². The van der Waals surface area contributed by atoms with Gasteiger partial charge in [0.25, 0.3) is 5.56 Å². The highest BCUT2D eigenvalue weighted by Gasteiger charge is 2.17. The highest BCUT2D eigenvalue weighted by atomic mass is 32.2. The number of aromatic amines is 2. The fourth-order valence-electron chi connectivity index (χ4n) is 0.960. The van der Waals surface area contributed by atoms with E-state index in [1.807, 2.05) is 0 Å². The molecule has 8 nitrogen and oxygen atoms in total. The van der Waals surface area contributed by atoms with Crippen molar-refractivity contribution in [2.45, 2.75) is 11.3 Å². The molecule has 4 N–H and O–H groups in total. The van der Waals surface area contributed by atoms with Gasteiger partial charge in [-0.1, -0.05) is 0 Å². The molecule has 0 saturated carbocycles. The summed E-state index contributed by atoms with van der Waals surface area (Å²) in [6.45, 7) is -0.151. The fraction of sp³-hybridized carbons (Fsp3) is 0.429. The van der Waals surface area contributed by atoms with Crippen molar-refractivity contribution in [1.82, 2.24) is 14.7 Å². The minimum Gasteiger partial charge on any atom is -0.396 e.